The zero-order chi connectivity index (χ0) is 18.4. The van der Waals surface area contributed by atoms with Gasteiger partial charge in [-0.15, -0.1) is 16.4 Å². The first-order valence-corrected chi connectivity index (χ1v) is 9.04. The maximum Gasteiger partial charge on any atom is 0.238 e. The van der Waals surface area contributed by atoms with Gasteiger partial charge in [-0.05, 0) is 35.7 Å². The van der Waals surface area contributed by atoms with E-state index in [9.17, 15) is 5.11 Å². The van der Waals surface area contributed by atoms with Crippen LogP contribution in [0.3, 0.4) is 0 Å². The van der Waals surface area contributed by atoms with Gasteiger partial charge in [0.1, 0.15) is 5.82 Å². The minimum atomic E-state index is -0.0433. The van der Waals surface area contributed by atoms with E-state index < -0.39 is 0 Å². The molecule has 0 bridgehead atoms. The highest BCUT2D eigenvalue weighted by molar-refractivity contribution is 7.22. The van der Waals surface area contributed by atoms with Gasteiger partial charge in [-0.1, -0.05) is 18.2 Å². The maximum absolute atomic E-state index is 10.1. The second kappa shape index (κ2) is 5.96. The standard InChI is InChI=1S/C19H14N6OS/c20-19-21-6-5-16(23-19)22-11-8-12(17-13(9-11)18(26)25-24-17)15-7-10-3-1-2-4-14(10)27-15/h1-9H,(H2,24,25,26)(H3,20,21,22,23). The lowest BCUT2D eigenvalue weighted by atomic mass is 10.1. The number of nitrogen functional groups attached to an aromatic ring is 1. The molecule has 5 aromatic rings. The summed E-state index contributed by atoms with van der Waals surface area (Å²) in [6, 6.07) is 15.9. The molecule has 0 fully saturated rings. The van der Waals surface area contributed by atoms with Crippen LogP contribution >= 0.6 is 11.3 Å². The summed E-state index contributed by atoms with van der Waals surface area (Å²) < 4.78 is 1.20. The molecular formula is C19H14N6OS. The molecule has 0 spiro atoms. The van der Waals surface area contributed by atoms with Gasteiger partial charge in [0.15, 0.2) is 0 Å². The summed E-state index contributed by atoms with van der Waals surface area (Å²) in [4.78, 5) is 9.15. The van der Waals surface area contributed by atoms with Crippen LogP contribution in [0.5, 0.6) is 5.88 Å². The highest BCUT2D eigenvalue weighted by Gasteiger charge is 2.15. The van der Waals surface area contributed by atoms with Gasteiger partial charge < -0.3 is 16.2 Å². The summed E-state index contributed by atoms with van der Waals surface area (Å²) in [7, 11) is 0. The normalized spacial score (nSPS) is 11.3. The number of H-pyrrole nitrogens is 1. The Hall–Kier alpha value is -3.65. The molecule has 0 aliphatic rings. The number of nitrogens with zero attached hydrogens (tertiary/aromatic N) is 3. The van der Waals surface area contributed by atoms with E-state index in [1.165, 1.54) is 10.1 Å². The summed E-state index contributed by atoms with van der Waals surface area (Å²) in [5, 5.41) is 22.1. The van der Waals surface area contributed by atoms with E-state index >= 15 is 0 Å². The third-order valence-electron chi connectivity index (χ3n) is 4.29. The highest BCUT2D eigenvalue weighted by Crippen LogP contribution is 2.40. The predicted octanol–water partition coefficient (Wildman–Crippen LogP) is 4.27. The lowest BCUT2D eigenvalue weighted by Crippen LogP contribution is -1.99. The first kappa shape index (κ1) is 15.6. The number of rotatable bonds is 3. The topological polar surface area (TPSA) is 113 Å². The number of nitrogens with one attached hydrogen (secondary N) is 2. The van der Waals surface area contributed by atoms with Crippen molar-refractivity contribution in [1.82, 2.24) is 20.2 Å². The smallest absolute Gasteiger partial charge is 0.238 e. The zero-order valence-corrected chi connectivity index (χ0v) is 14.8. The Kier molecular flexibility index (Phi) is 3.44. The average Bonchev–Trinajstić information content (AvgIpc) is 3.25. The largest absolute Gasteiger partial charge is 0.492 e. The Bertz CT molecular complexity index is 1260. The molecule has 3 aromatic heterocycles. The van der Waals surface area contributed by atoms with Crippen LogP contribution in [0.15, 0.2) is 54.7 Å². The maximum atomic E-state index is 10.1. The summed E-state index contributed by atoms with van der Waals surface area (Å²) in [5.74, 6) is 0.724. The van der Waals surface area contributed by atoms with Gasteiger partial charge in [0.2, 0.25) is 11.8 Å². The number of aromatic hydroxyl groups is 1. The fraction of sp³-hybridized carbons (Fsp3) is 0. The van der Waals surface area contributed by atoms with Gasteiger partial charge in [-0.25, -0.2) is 4.98 Å². The van der Waals surface area contributed by atoms with Crippen molar-refractivity contribution in [3.05, 3.63) is 54.7 Å². The molecule has 0 aliphatic carbocycles. The summed E-state index contributed by atoms with van der Waals surface area (Å²) >= 11 is 1.69. The SMILES string of the molecule is Nc1nccc(Nc2cc(-c3cc4ccccc4s3)c3[nH]nc(O)c3c2)n1. The Balaban J connectivity index is 1.68. The fourth-order valence-corrected chi connectivity index (χ4v) is 4.17. The molecular weight excluding hydrogens is 360 g/mol. The number of aromatic amines is 1. The van der Waals surface area contributed by atoms with E-state index in [2.05, 4.69) is 43.7 Å². The number of benzene rings is 2. The van der Waals surface area contributed by atoms with Gasteiger partial charge in [0, 0.05) is 27.0 Å². The molecule has 0 amide bonds. The van der Waals surface area contributed by atoms with Crippen molar-refractivity contribution in [2.75, 3.05) is 11.1 Å². The molecule has 0 aliphatic heterocycles. The third kappa shape index (κ3) is 2.72. The van der Waals surface area contributed by atoms with Crippen molar-refractivity contribution in [3.8, 4) is 16.3 Å². The fourth-order valence-electron chi connectivity index (χ4n) is 3.08. The molecule has 8 heteroatoms. The van der Waals surface area contributed by atoms with Gasteiger partial charge in [0.25, 0.3) is 0 Å². The number of hydrogen-bond acceptors (Lipinski definition) is 7. The van der Waals surface area contributed by atoms with Gasteiger partial charge in [-0.3, -0.25) is 5.10 Å². The van der Waals surface area contributed by atoms with Crippen molar-refractivity contribution in [2.24, 2.45) is 0 Å². The number of fused-ring (bicyclic) bond motifs is 2. The molecule has 0 unspecified atom stereocenters. The molecule has 7 nitrogen and oxygen atoms in total. The number of hydrogen-bond donors (Lipinski definition) is 4. The van der Waals surface area contributed by atoms with Crippen molar-refractivity contribution < 1.29 is 5.11 Å². The van der Waals surface area contributed by atoms with Crippen LogP contribution in [-0.4, -0.2) is 25.3 Å². The molecule has 0 radical (unpaired) electrons. The van der Waals surface area contributed by atoms with Crippen LogP contribution in [0.25, 0.3) is 31.4 Å². The number of anilines is 3. The second-order valence-electron chi connectivity index (χ2n) is 6.07. The second-order valence-corrected chi connectivity index (χ2v) is 7.15. The molecule has 0 saturated carbocycles. The third-order valence-corrected chi connectivity index (χ3v) is 5.44. The van der Waals surface area contributed by atoms with Crippen molar-refractivity contribution >= 4 is 49.8 Å². The number of nitrogens with two attached hydrogens (primary N) is 1. The molecule has 0 saturated heterocycles. The quantitative estimate of drug-likeness (QED) is 0.375. The van der Waals surface area contributed by atoms with Crippen molar-refractivity contribution in [1.29, 1.82) is 0 Å². The van der Waals surface area contributed by atoms with Gasteiger partial charge in [-0.2, -0.15) is 4.98 Å². The minimum Gasteiger partial charge on any atom is -0.492 e. The summed E-state index contributed by atoms with van der Waals surface area (Å²) in [6.07, 6.45) is 1.59. The predicted molar refractivity (Wildman–Crippen MR) is 108 cm³/mol. The Labute approximate surface area is 157 Å². The highest BCUT2D eigenvalue weighted by atomic mass is 32.1. The first-order valence-electron chi connectivity index (χ1n) is 8.23. The van der Waals surface area contributed by atoms with Crippen LogP contribution in [0.4, 0.5) is 17.5 Å². The Morgan fingerprint density at radius 3 is 2.85 bits per heavy atom. The van der Waals surface area contributed by atoms with E-state index in [1.54, 1.807) is 23.6 Å². The van der Waals surface area contributed by atoms with E-state index in [0.717, 1.165) is 21.6 Å². The zero-order valence-electron chi connectivity index (χ0n) is 14.0. The molecule has 5 N–H and O–H groups in total. The van der Waals surface area contributed by atoms with Crippen LogP contribution < -0.4 is 11.1 Å². The van der Waals surface area contributed by atoms with Crippen molar-refractivity contribution in [3.63, 3.8) is 0 Å². The summed E-state index contributed by atoms with van der Waals surface area (Å²) in [6.45, 7) is 0. The Morgan fingerprint density at radius 2 is 2.00 bits per heavy atom. The van der Waals surface area contributed by atoms with Gasteiger partial charge >= 0.3 is 0 Å². The molecule has 3 heterocycles. The van der Waals surface area contributed by atoms with Crippen LogP contribution in [0.2, 0.25) is 0 Å². The van der Waals surface area contributed by atoms with Gasteiger partial charge in [0.05, 0.1) is 10.9 Å². The van der Waals surface area contributed by atoms with Crippen LogP contribution in [0, 0.1) is 0 Å². The van der Waals surface area contributed by atoms with E-state index in [0.29, 0.717) is 11.2 Å². The Morgan fingerprint density at radius 1 is 1.11 bits per heavy atom. The molecule has 0 atom stereocenters. The van der Waals surface area contributed by atoms with Crippen molar-refractivity contribution in [2.45, 2.75) is 0 Å². The molecule has 2 aromatic carbocycles. The first-order chi connectivity index (χ1) is 13.2. The number of aromatic nitrogens is 4. The number of thiophene rings is 1. The van der Waals surface area contributed by atoms with Crippen LogP contribution in [0.1, 0.15) is 0 Å². The van der Waals surface area contributed by atoms with E-state index in [-0.39, 0.29) is 11.8 Å². The summed E-state index contributed by atoms with van der Waals surface area (Å²) in [5.41, 5.74) is 8.16. The van der Waals surface area contributed by atoms with E-state index in [1.807, 2.05) is 24.3 Å². The molecule has 132 valence electrons. The monoisotopic (exact) mass is 374 g/mol. The molecule has 5 rings (SSSR count). The van der Waals surface area contributed by atoms with Crippen LogP contribution in [-0.2, 0) is 0 Å². The molecule has 27 heavy (non-hydrogen) atoms. The lowest BCUT2D eigenvalue weighted by Gasteiger charge is -2.09. The minimum absolute atomic E-state index is 0.0433. The van der Waals surface area contributed by atoms with E-state index in [4.69, 9.17) is 5.73 Å². The lowest BCUT2D eigenvalue weighted by molar-refractivity contribution is 0.457. The average molecular weight is 374 g/mol.